The van der Waals surface area contributed by atoms with Gasteiger partial charge in [0.2, 0.25) is 0 Å². The van der Waals surface area contributed by atoms with Gasteiger partial charge in [-0.15, -0.1) is 6.55 Å². The predicted octanol–water partition coefficient (Wildman–Crippen LogP) is 1.83. The monoisotopic (exact) mass is 83.1 g/mol. The molecule has 1 fully saturated rings. The fourth-order valence-electron chi connectivity index (χ4n) is 0.619. The lowest BCUT2D eigenvalue weighted by Gasteiger charge is -1.72. The maximum Gasteiger partial charge on any atom is 0.0535 e. The lowest BCUT2D eigenvalue weighted by Crippen LogP contribution is -1.62. The smallest absolute Gasteiger partial charge is 0.0535 e. The van der Waals surface area contributed by atoms with Crippen molar-refractivity contribution in [2.75, 3.05) is 0 Å². The van der Waals surface area contributed by atoms with E-state index in [9.17, 15) is 0 Å². The van der Waals surface area contributed by atoms with E-state index in [0.717, 1.165) is 11.8 Å². The zero-order valence-corrected chi connectivity index (χ0v) is 4.02. The molecule has 34 valence electrons. The van der Waals surface area contributed by atoms with E-state index >= 15 is 0 Å². The first-order valence-electron chi connectivity index (χ1n) is 2.97. The summed E-state index contributed by atoms with van der Waals surface area (Å²) in [5, 5.41) is 0. The first kappa shape index (κ1) is 2.84. The summed E-state index contributed by atoms with van der Waals surface area (Å²) < 4.78 is 6.68. The summed E-state index contributed by atoms with van der Waals surface area (Å²) in [4.78, 5) is 0. The summed E-state index contributed by atoms with van der Waals surface area (Å²) in [6.45, 7) is 3.61. The Morgan fingerprint density at radius 2 is 2.83 bits per heavy atom. The largest absolute Gasteiger partial charge is 0.103 e. The molecule has 0 unspecified atom stereocenters. The number of hydrogen-bond donors (Lipinski definition) is 0. The van der Waals surface area contributed by atoms with Crippen molar-refractivity contribution in [1.29, 1.82) is 0 Å². The Labute approximate surface area is 40.3 Å². The van der Waals surface area contributed by atoms with E-state index in [1.165, 1.54) is 13.0 Å². The van der Waals surface area contributed by atoms with Crippen LogP contribution in [0.5, 0.6) is 0 Å². The Balaban J connectivity index is 2.21. The Hall–Kier alpha value is -0.260. The molecule has 0 aromatic carbocycles. The van der Waals surface area contributed by atoms with E-state index in [4.69, 9.17) is 1.37 Å². The van der Waals surface area contributed by atoms with E-state index < -0.39 is 0 Å². The molecule has 6 heavy (non-hydrogen) atoms. The van der Waals surface area contributed by atoms with Gasteiger partial charge in [0.1, 0.15) is 0 Å². The van der Waals surface area contributed by atoms with Crippen LogP contribution in [-0.2, 0) is 0 Å². The molecule has 1 saturated carbocycles. The van der Waals surface area contributed by atoms with E-state index in [1.54, 1.807) is 0 Å². The summed E-state index contributed by atoms with van der Waals surface area (Å²) in [5.74, 6) is 1.61. The van der Waals surface area contributed by atoms with E-state index in [2.05, 4.69) is 6.92 Å². The van der Waals surface area contributed by atoms with Crippen molar-refractivity contribution in [3.8, 4) is 0 Å². The van der Waals surface area contributed by atoms with Gasteiger partial charge in [0.15, 0.2) is 0 Å². The third-order valence-corrected chi connectivity index (χ3v) is 1.42. The first-order valence-corrected chi connectivity index (χ1v) is 2.39. The second-order valence-electron chi connectivity index (χ2n) is 2.07. The van der Waals surface area contributed by atoms with Gasteiger partial charge in [0.25, 0.3) is 0 Å². The SMILES string of the molecule is [2H]C=C[C@@H]1C[C@H]1C. The quantitative estimate of drug-likeness (QED) is 0.424. The third-order valence-electron chi connectivity index (χ3n) is 1.42. The molecule has 1 rings (SSSR count). The Morgan fingerprint density at radius 3 is 3.00 bits per heavy atom. The van der Waals surface area contributed by atoms with Gasteiger partial charge in [0, 0.05) is 0 Å². The van der Waals surface area contributed by atoms with Crippen LogP contribution in [-0.4, -0.2) is 0 Å². The molecule has 0 aromatic rings. The van der Waals surface area contributed by atoms with Crippen molar-refractivity contribution in [2.45, 2.75) is 13.3 Å². The van der Waals surface area contributed by atoms with E-state index in [-0.39, 0.29) is 0 Å². The van der Waals surface area contributed by atoms with Crippen molar-refractivity contribution >= 4 is 0 Å². The van der Waals surface area contributed by atoms with E-state index in [0.29, 0.717) is 0 Å². The van der Waals surface area contributed by atoms with Crippen LogP contribution < -0.4 is 0 Å². The zero-order valence-electron chi connectivity index (χ0n) is 5.02. The van der Waals surface area contributed by atoms with Crippen LogP contribution >= 0.6 is 0 Å². The summed E-state index contributed by atoms with van der Waals surface area (Å²) in [6.07, 6.45) is 3.26. The first-order chi connectivity index (χ1) is 3.34. The maximum absolute atomic E-state index is 6.68. The molecule has 0 radical (unpaired) electrons. The Bertz CT molecular complexity index is 86.2. The maximum atomic E-state index is 6.68. The lowest BCUT2D eigenvalue weighted by molar-refractivity contribution is 0.901. The second-order valence-corrected chi connectivity index (χ2v) is 2.07. The van der Waals surface area contributed by atoms with Crippen molar-refractivity contribution in [3.05, 3.63) is 12.6 Å². The van der Waals surface area contributed by atoms with Crippen LogP contribution in [0, 0.1) is 11.8 Å². The topological polar surface area (TPSA) is 0 Å². The average Bonchev–Trinajstić information content (AvgIpc) is 2.22. The van der Waals surface area contributed by atoms with Gasteiger partial charge in [-0.3, -0.25) is 0 Å². The summed E-state index contributed by atoms with van der Waals surface area (Å²) in [5.41, 5.74) is 0. The fourth-order valence-corrected chi connectivity index (χ4v) is 0.619. The Morgan fingerprint density at radius 1 is 2.17 bits per heavy atom. The predicted molar refractivity (Wildman–Crippen MR) is 27.5 cm³/mol. The summed E-state index contributed by atoms with van der Waals surface area (Å²) in [7, 11) is 0. The van der Waals surface area contributed by atoms with Crippen LogP contribution in [0.25, 0.3) is 0 Å². The Kier molecular flexibility index (Phi) is 0.524. The number of rotatable bonds is 1. The molecule has 2 atom stereocenters. The molecule has 0 nitrogen and oxygen atoms in total. The molecule has 0 amide bonds. The second kappa shape index (κ2) is 1.11. The molecule has 0 N–H and O–H groups in total. The van der Waals surface area contributed by atoms with Crippen molar-refractivity contribution in [2.24, 2.45) is 11.8 Å². The third kappa shape index (κ3) is 0.469. The van der Waals surface area contributed by atoms with Crippen LogP contribution in [0.1, 0.15) is 14.7 Å². The van der Waals surface area contributed by atoms with Gasteiger partial charge in [-0.05, 0) is 18.3 Å². The summed E-state index contributed by atoms with van der Waals surface area (Å²) in [6, 6.07) is 0. The molecular weight excluding hydrogens is 72.1 g/mol. The van der Waals surface area contributed by atoms with Gasteiger partial charge in [0.05, 0.1) is 1.37 Å². The van der Waals surface area contributed by atoms with Gasteiger partial charge in [-0.1, -0.05) is 13.0 Å². The van der Waals surface area contributed by atoms with Gasteiger partial charge in [-0.2, -0.15) is 0 Å². The van der Waals surface area contributed by atoms with E-state index in [1.807, 2.05) is 6.08 Å². The highest BCUT2D eigenvalue weighted by molar-refractivity contribution is 4.95. The molecule has 0 aromatic heterocycles. The lowest BCUT2D eigenvalue weighted by atomic mass is 10.3. The standard InChI is InChI=1S/C6H10/c1-3-6-4-5(6)2/h3,5-6H,1,4H2,2H3/t5-,6-/m1/s1/i1D. The highest BCUT2D eigenvalue weighted by Crippen LogP contribution is 2.37. The van der Waals surface area contributed by atoms with Crippen molar-refractivity contribution in [3.63, 3.8) is 0 Å². The minimum atomic E-state index is 0.748. The fraction of sp³-hybridized carbons (Fsp3) is 0.667. The number of allylic oxidation sites excluding steroid dienone is 1. The molecule has 0 heterocycles. The van der Waals surface area contributed by atoms with Crippen LogP contribution in [0.15, 0.2) is 12.6 Å². The minimum Gasteiger partial charge on any atom is -0.103 e. The highest BCUT2D eigenvalue weighted by Gasteiger charge is 2.28. The number of hydrogen-bond acceptors (Lipinski definition) is 0. The van der Waals surface area contributed by atoms with Gasteiger partial charge in [-0.25, -0.2) is 0 Å². The minimum absolute atomic E-state index is 0.748. The molecule has 1 aliphatic rings. The highest BCUT2D eigenvalue weighted by atomic mass is 14.3. The molecule has 0 saturated heterocycles. The average molecular weight is 83.2 g/mol. The molecular formula is C6H10. The molecule has 0 aliphatic heterocycles. The van der Waals surface area contributed by atoms with Crippen molar-refractivity contribution in [1.82, 2.24) is 0 Å². The summed E-state index contributed by atoms with van der Waals surface area (Å²) >= 11 is 0. The normalized spacial score (nSPS) is 46.5. The zero-order chi connectivity index (χ0) is 5.28. The van der Waals surface area contributed by atoms with Gasteiger partial charge >= 0.3 is 0 Å². The van der Waals surface area contributed by atoms with Crippen LogP contribution in [0.4, 0.5) is 0 Å². The van der Waals surface area contributed by atoms with Crippen molar-refractivity contribution < 1.29 is 1.37 Å². The van der Waals surface area contributed by atoms with Crippen LogP contribution in [0.3, 0.4) is 0 Å². The molecule has 0 bridgehead atoms. The molecule has 0 spiro atoms. The van der Waals surface area contributed by atoms with Gasteiger partial charge < -0.3 is 0 Å². The molecule has 0 heteroatoms. The molecule has 1 aliphatic carbocycles. The van der Waals surface area contributed by atoms with Crippen LogP contribution in [0.2, 0.25) is 0 Å².